The first-order chi connectivity index (χ1) is 11.0. The summed E-state index contributed by atoms with van der Waals surface area (Å²) in [5.74, 6) is 2.99. The lowest BCUT2D eigenvalue weighted by molar-refractivity contribution is 0.0718. The zero-order chi connectivity index (χ0) is 16.4. The molecule has 0 N–H and O–H groups in total. The number of amides is 1. The predicted octanol–water partition coefficient (Wildman–Crippen LogP) is 2.89. The number of carbonyl (C=O) groups is 1. The smallest absolute Gasteiger partial charge is 0.272 e. The summed E-state index contributed by atoms with van der Waals surface area (Å²) in [7, 11) is 0. The van der Waals surface area contributed by atoms with Gasteiger partial charge in [0.1, 0.15) is 17.3 Å². The van der Waals surface area contributed by atoms with Crippen LogP contribution in [0, 0.1) is 18.8 Å². The number of carbonyl (C=O) groups excluding carboxylic acids is 1. The zero-order valence-corrected chi connectivity index (χ0v) is 14.6. The van der Waals surface area contributed by atoms with Crippen LogP contribution in [0.1, 0.15) is 55.8 Å². The Morgan fingerprint density at radius 3 is 2.39 bits per heavy atom. The Kier molecular flexibility index (Phi) is 4.83. The van der Waals surface area contributed by atoms with Gasteiger partial charge >= 0.3 is 0 Å². The molecule has 3 heterocycles. The molecule has 23 heavy (non-hydrogen) atoms. The van der Waals surface area contributed by atoms with Crippen molar-refractivity contribution >= 4 is 11.7 Å². The van der Waals surface area contributed by atoms with Gasteiger partial charge in [0, 0.05) is 32.2 Å². The van der Waals surface area contributed by atoms with E-state index in [2.05, 4.69) is 28.7 Å². The van der Waals surface area contributed by atoms with Gasteiger partial charge in [-0.1, -0.05) is 13.8 Å². The number of nitrogens with zero attached hydrogens (tertiary/aromatic N) is 4. The Morgan fingerprint density at radius 1 is 1.09 bits per heavy atom. The minimum atomic E-state index is 0.0644. The molecule has 3 rings (SSSR count). The Balaban J connectivity index is 1.82. The minimum Gasteiger partial charge on any atom is -0.356 e. The van der Waals surface area contributed by atoms with Gasteiger partial charge in [0.15, 0.2) is 0 Å². The first kappa shape index (κ1) is 16.2. The molecule has 1 amide bonds. The molecular weight excluding hydrogens is 288 g/mol. The fourth-order valence-corrected chi connectivity index (χ4v) is 3.93. The predicted molar refractivity (Wildman–Crippen MR) is 91.7 cm³/mol. The molecule has 2 atom stereocenters. The standard InChI is InChI=1S/C18H28N4O/c1-13-9-14(2)12-22(11-13)17-10-16(19-15(3)20-17)18(23)21-7-5-4-6-8-21/h10,13-14H,4-9,11-12H2,1-3H3/t13-,14-/m0/s1. The summed E-state index contributed by atoms with van der Waals surface area (Å²) in [5, 5.41) is 0. The second-order valence-corrected chi connectivity index (χ2v) is 7.36. The molecule has 1 aromatic heterocycles. The van der Waals surface area contributed by atoms with Crippen LogP contribution in [-0.4, -0.2) is 47.0 Å². The van der Waals surface area contributed by atoms with Crippen molar-refractivity contribution in [2.24, 2.45) is 11.8 Å². The first-order valence-electron chi connectivity index (χ1n) is 8.93. The summed E-state index contributed by atoms with van der Waals surface area (Å²) in [6.45, 7) is 10.2. The molecule has 2 fully saturated rings. The molecule has 0 radical (unpaired) electrons. The number of likely N-dealkylation sites (tertiary alicyclic amines) is 1. The lowest BCUT2D eigenvalue weighted by Crippen LogP contribution is -2.40. The second kappa shape index (κ2) is 6.85. The number of hydrogen-bond acceptors (Lipinski definition) is 4. The molecule has 2 saturated heterocycles. The van der Waals surface area contributed by atoms with Crippen molar-refractivity contribution in [2.45, 2.75) is 46.5 Å². The Morgan fingerprint density at radius 2 is 1.74 bits per heavy atom. The van der Waals surface area contributed by atoms with Crippen molar-refractivity contribution in [3.63, 3.8) is 0 Å². The highest BCUT2D eigenvalue weighted by atomic mass is 16.2. The van der Waals surface area contributed by atoms with Crippen molar-refractivity contribution in [3.8, 4) is 0 Å². The fourth-order valence-electron chi connectivity index (χ4n) is 3.93. The molecule has 5 heteroatoms. The summed E-state index contributed by atoms with van der Waals surface area (Å²) in [6, 6.07) is 1.90. The van der Waals surface area contributed by atoms with Crippen LogP contribution < -0.4 is 4.90 Å². The summed E-state index contributed by atoms with van der Waals surface area (Å²) < 4.78 is 0. The molecule has 126 valence electrons. The highest BCUT2D eigenvalue weighted by Crippen LogP contribution is 2.26. The second-order valence-electron chi connectivity index (χ2n) is 7.36. The number of rotatable bonds is 2. The van der Waals surface area contributed by atoms with E-state index in [0.29, 0.717) is 23.4 Å². The molecule has 5 nitrogen and oxygen atoms in total. The van der Waals surface area contributed by atoms with E-state index in [4.69, 9.17) is 0 Å². The van der Waals surface area contributed by atoms with Crippen LogP contribution in [0.5, 0.6) is 0 Å². The van der Waals surface area contributed by atoms with Crippen LogP contribution in [-0.2, 0) is 0 Å². The zero-order valence-electron chi connectivity index (χ0n) is 14.6. The van der Waals surface area contributed by atoms with Gasteiger partial charge in [-0.25, -0.2) is 9.97 Å². The van der Waals surface area contributed by atoms with Crippen molar-refractivity contribution in [2.75, 3.05) is 31.1 Å². The normalized spacial score (nSPS) is 25.5. The molecule has 0 bridgehead atoms. The van der Waals surface area contributed by atoms with E-state index in [0.717, 1.165) is 44.8 Å². The van der Waals surface area contributed by atoms with Crippen molar-refractivity contribution < 1.29 is 4.79 Å². The number of hydrogen-bond donors (Lipinski definition) is 0. The van der Waals surface area contributed by atoms with Gasteiger partial charge in [-0.15, -0.1) is 0 Å². The minimum absolute atomic E-state index is 0.0644. The van der Waals surface area contributed by atoms with Crippen LogP contribution in [0.3, 0.4) is 0 Å². The van der Waals surface area contributed by atoms with Gasteiger partial charge in [-0.3, -0.25) is 4.79 Å². The number of aromatic nitrogens is 2. The van der Waals surface area contributed by atoms with Gasteiger partial charge in [0.25, 0.3) is 5.91 Å². The molecule has 1 aromatic rings. The Labute approximate surface area is 139 Å². The Hall–Kier alpha value is -1.65. The monoisotopic (exact) mass is 316 g/mol. The highest BCUT2D eigenvalue weighted by molar-refractivity contribution is 5.93. The van der Waals surface area contributed by atoms with Crippen molar-refractivity contribution in [1.82, 2.24) is 14.9 Å². The van der Waals surface area contributed by atoms with Gasteiger partial charge in [0.05, 0.1) is 0 Å². The molecule has 0 aliphatic carbocycles. The third-order valence-corrected chi connectivity index (χ3v) is 4.88. The van der Waals surface area contributed by atoms with E-state index in [-0.39, 0.29) is 5.91 Å². The van der Waals surface area contributed by atoms with E-state index >= 15 is 0 Å². The number of aryl methyl sites for hydroxylation is 1. The van der Waals surface area contributed by atoms with Crippen LogP contribution in [0.25, 0.3) is 0 Å². The van der Waals surface area contributed by atoms with Crippen LogP contribution in [0.4, 0.5) is 5.82 Å². The molecule has 2 aliphatic rings. The van der Waals surface area contributed by atoms with Gasteiger partial charge in [0.2, 0.25) is 0 Å². The fraction of sp³-hybridized carbons (Fsp3) is 0.722. The third kappa shape index (κ3) is 3.82. The largest absolute Gasteiger partial charge is 0.356 e. The maximum atomic E-state index is 12.7. The quantitative estimate of drug-likeness (QED) is 0.842. The highest BCUT2D eigenvalue weighted by Gasteiger charge is 2.25. The Bertz CT molecular complexity index is 558. The number of piperidine rings is 2. The molecule has 0 unspecified atom stereocenters. The molecule has 2 aliphatic heterocycles. The van der Waals surface area contributed by atoms with E-state index < -0.39 is 0 Å². The van der Waals surface area contributed by atoms with Crippen LogP contribution in [0.2, 0.25) is 0 Å². The van der Waals surface area contributed by atoms with E-state index in [9.17, 15) is 4.79 Å². The molecule has 0 aromatic carbocycles. The maximum absolute atomic E-state index is 12.7. The van der Waals surface area contributed by atoms with Crippen LogP contribution in [0.15, 0.2) is 6.07 Å². The van der Waals surface area contributed by atoms with Gasteiger partial charge < -0.3 is 9.80 Å². The maximum Gasteiger partial charge on any atom is 0.272 e. The SMILES string of the molecule is Cc1nc(C(=O)N2CCCCC2)cc(N2C[C@@H](C)C[C@H](C)C2)n1. The van der Waals surface area contributed by atoms with Gasteiger partial charge in [-0.2, -0.15) is 0 Å². The lowest BCUT2D eigenvalue weighted by Gasteiger charge is -2.36. The van der Waals surface area contributed by atoms with Crippen molar-refractivity contribution in [3.05, 3.63) is 17.6 Å². The lowest BCUT2D eigenvalue weighted by atomic mass is 9.92. The summed E-state index contributed by atoms with van der Waals surface area (Å²) in [4.78, 5) is 26.0. The third-order valence-electron chi connectivity index (χ3n) is 4.88. The van der Waals surface area contributed by atoms with E-state index in [1.165, 1.54) is 12.8 Å². The molecule has 0 spiro atoms. The molecule has 0 saturated carbocycles. The van der Waals surface area contributed by atoms with Crippen molar-refractivity contribution in [1.29, 1.82) is 0 Å². The van der Waals surface area contributed by atoms with E-state index in [1.807, 2.05) is 17.9 Å². The van der Waals surface area contributed by atoms with E-state index in [1.54, 1.807) is 0 Å². The van der Waals surface area contributed by atoms with Crippen LogP contribution >= 0.6 is 0 Å². The van der Waals surface area contributed by atoms with Gasteiger partial charge in [-0.05, 0) is 44.4 Å². The first-order valence-corrected chi connectivity index (χ1v) is 8.93. The molecular formula is C18H28N4O. The average molecular weight is 316 g/mol. The topological polar surface area (TPSA) is 49.3 Å². The number of anilines is 1. The average Bonchev–Trinajstić information content (AvgIpc) is 2.53. The summed E-state index contributed by atoms with van der Waals surface area (Å²) in [6.07, 6.45) is 4.69. The summed E-state index contributed by atoms with van der Waals surface area (Å²) in [5.41, 5.74) is 0.556. The summed E-state index contributed by atoms with van der Waals surface area (Å²) >= 11 is 0.